The molecule has 6 aromatic carbocycles. The van der Waals surface area contributed by atoms with Gasteiger partial charge in [-0.05, 0) is 83.1 Å². The average Bonchev–Trinajstić information content (AvgIpc) is 3.78. The van der Waals surface area contributed by atoms with Crippen LogP contribution in [-0.4, -0.2) is 32.3 Å². The first-order valence-electron chi connectivity index (χ1n) is 16.9. The number of aromatic amines is 2. The molecule has 2 heterocycles. The van der Waals surface area contributed by atoms with Gasteiger partial charge >= 0.3 is 21.1 Å². The fraction of sp³-hybridized carbons (Fsp3) is 0.0455. The van der Waals surface area contributed by atoms with Crippen LogP contribution in [0, 0.1) is 0 Å². The van der Waals surface area contributed by atoms with Gasteiger partial charge in [0.05, 0.1) is 71.5 Å². The zero-order chi connectivity index (χ0) is 36.4. The molecule has 0 amide bonds. The van der Waals surface area contributed by atoms with Crippen molar-refractivity contribution in [3.05, 3.63) is 195 Å². The van der Waals surface area contributed by atoms with Gasteiger partial charge in [-0.25, -0.2) is 0 Å². The summed E-state index contributed by atoms with van der Waals surface area (Å²) in [6.45, 7) is 7.75. The van der Waals surface area contributed by atoms with Gasteiger partial charge in [-0.3, -0.25) is 9.97 Å². The van der Waals surface area contributed by atoms with Crippen LogP contribution >= 0.6 is 15.8 Å². The molecular weight excluding hydrogens is 906 g/mol. The Morgan fingerprint density at radius 2 is 0.698 bits per heavy atom. The Balaban J connectivity index is 0.000000160. The van der Waals surface area contributed by atoms with Gasteiger partial charge in [-0.2, -0.15) is 0 Å². The largest absolute Gasteiger partial charge is 2.00 e. The maximum atomic E-state index is 4.85. The second-order valence-electron chi connectivity index (χ2n) is 11.5. The van der Waals surface area contributed by atoms with Crippen LogP contribution in [0.3, 0.4) is 0 Å². The van der Waals surface area contributed by atoms with Gasteiger partial charge in [0.1, 0.15) is 0 Å². The van der Waals surface area contributed by atoms with Crippen molar-refractivity contribution < 1.29 is 21.1 Å². The molecule has 0 aliphatic carbocycles. The SMILES string of the molecule is C=CC[PH+](c1ccccc1)c1ccccc1.C=CC[PH+](c1ccccc1)c1ccccc1.[Pt+2].[S-]c1nc2ccccc2[nH]1.[S-]c1nc2ccccc2[nH]1. The molecule has 0 unspecified atom stereocenters. The number of para-hydroxylation sites is 4. The molecule has 268 valence electrons. The summed E-state index contributed by atoms with van der Waals surface area (Å²) >= 11 is 9.69. The number of hydrogen-bond donors (Lipinski definition) is 2. The van der Waals surface area contributed by atoms with Crippen LogP contribution in [0.4, 0.5) is 0 Å². The molecule has 0 aliphatic heterocycles. The van der Waals surface area contributed by atoms with E-state index >= 15 is 0 Å². The third-order valence-corrected chi connectivity index (χ3v) is 13.8. The summed E-state index contributed by atoms with van der Waals surface area (Å²) in [5, 5.41) is 6.94. The number of H-pyrrole nitrogens is 2. The summed E-state index contributed by atoms with van der Waals surface area (Å²) in [5.74, 6) is 0. The Hall–Kier alpha value is -4.27. The van der Waals surface area contributed by atoms with Crippen LogP contribution in [0.15, 0.2) is 205 Å². The van der Waals surface area contributed by atoms with Crippen LogP contribution in [0.1, 0.15) is 0 Å². The number of rotatable bonds is 8. The first kappa shape index (κ1) is 41.5. The summed E-state index contributed by atoms with van der Waals surface area (Å²) in [6, 6.07) is 58.6. The first-order chi connectivity index (χ1) is 25.6. The summed E-state index contributed by atoms with van der Waals surface area (Å²) in [6.07, 6.45) is 6.24. The minimum absolute atomic E-state index is 0. The Morgan fingerprint density at radius 1 is 0.434 bits per heavy atom. The number of nitrogens with zero attached hydrogens (tertiary/aromatic N) is 2. The van der Waals surface area contributed by atoms with E-state index in [0.717, 1.165) is 34.4 Å². The second-order valence-corrected chi connectivity index (χ2v) is 17.3. The smallest absolute Gasteiger partial charge is 0.742 e. The molecule has 9 heteroatoms. The van der Waals surface area contributed by atoms with E-state index in [0.29, 0.717) is 10.3 Å². The fourth-order valence-electron chi connectivity index (χ4n) is 5.51. The topological polar surface area (TPSA) is 57.4 Å². The van der Waals surface area contributed by atoms with E-state index in [4.69, 9.17) is 25.3 Å². The average molecular weight is 948 g/mol. The maximum absolute atomic E-state index is 4.85. The molecular formula is C44H42N4P2PtS2+2. The molecule has 2 aromatic heterocycles. The molecule has 0 saturated heterocycles. The molecule has 4 nitrogen and oxygen atoms in total. The predicted molar refractivity (Wildman–Crippen MR) is 235 cm³/mol. The van der Waals surface area contributed by atoms with E-state index < -0.39 is 15.8 Å². The molecule has 0 bridgehead atoms. The van der Waals surface area contributed by atoms with Crippen LogP contribution in [0.25, 0.3) is 22.1 Å². The molecule has 2 N–H and O–H groups in total. The second kappa shape index (κ2) is 22.7. The monoisotopic (exact) mass is 947 g/mol. The van der Waals surface area contributed by atoms with Crippen LogP contribution < -0.4 is 21.2 Å². The molecule has 0 radical (unpaired) electrons. The van der Waals surface area contributed by atoms with Gasteiger partial charge in [0, 0.05) is 0 Å². The maximum Gasteiger partial charge on any atom is 2.00 e. The van der Waals surface area contributed by atoms with Crippen molar-refractivity contribution in [2.75, 3.05) is 12.3 Å². The quantitative estimate of drug-likeness (QED) is 0.0908. The number of fused-ring (bicyclic) bond motifs is 2. The summed E-state index contributed by atoms with van der Waals surface area (Å²) in [4.78, 5) is 14.1. The number of hydrogen-bond acceptors (Lipinski definition) is 4. The predicted octanol–water partition coefficient (Wildman–Crippen LogP) is 9.01. The minimum Gasteiger partial charge on any atom is -0.742 e. The number of imidazole rings is 2. The number of benzene rings is 6. The Kier molecular flexibility index (Phi) is 17.8. The standard InChI is InChI=1S/2C15H15P.2C7H6N2S.Pt/c2*1-2-13-16(14-9-5-3-6-10-14)15-11-7-4-8-12-15;2*10-7-8-5-3-1-2-4-6(5)9-7;/h2*2-12H,1,13H2;2*1-4H,(H2,8,9,10);/q;;;;+2. The molecule has 0 aliphatic rings. The van der Waals surface area contributed by atoms with Crippen molar-refractivity contribution in [2.45, 2.75) is 10.3 Å². The van der Waals surface area contributed by atoms with E-state index in [-0.39, 0.29) is 21.1 Å². The summed E-state index contributed by atoms with van der Waals surface area (Å²) in [7, 11) is -1.34. The van der Waals surface area contributed by atoms with Gasteiger partial charge in [0.25, 0.3) is 0 Å². The fourth-order valence-corrected chi connectivity index (χ4v) is 10.5. The summed E-state index contributed by atoms with van der Waals surface area (Å²) < 4.78 is 0. The van der Waals surface area contributed by atoms with Crippen molar-refractivity contribution in [1.82, 2.24) is 19.9 Å². The van der Waals surface area contributed by atoms with E-state index in [9.17, 15) is 0 Å². The minimum atomic E-state index is -0.669. The van der Waals surface area contributed by atoms with E-state index in [1.807, 2.05) is 60.7 Å². The van der Waals surface area contributed by atoms with Crippen LogP contribution in [0.5, 0.6) is 0 Å². The number of allylic oxidation sites excluding steroid dienone is 2. The first-order valence-corrected chi connectivity index (χ1v) is 21.2. The van der Waals surface area contributed by atoms with Gasteiger partial charge in [-0.15, -0.1) is 0 Å². The normalized spacial score (nSPS) is 10.2. The molecule has 0 saturated carbocycles. The van der Waals surface area contributed by atoms with Crippen molar-refractivity contribution in [1.29, 1.82) is 0 Å². The van der Waals surface area contributed by atoms with E-state index in [1.54, 1.807) is 0 Å². The van der Waals surface area contributed by atoms with E-state index in [2.05, 4.69) is 154 Å². The van der Waals surface area contributed by atoms with E-state index in [1.165, 1.54) is 21.2 Å². The number of nitrogens with one attached hydrogen (secondary N) is 2. The third kappa shape index (κ3) is 13.0. The van der Waals surface area contributed by atoms with Crippen molar-refractivity contribution in [3.8, 4) is 0 Å². The Labute approximate surface area is 340 Å². The zero-order valence-electron chi connectivity index (χ0n) is 29.2. The van der Waals surface area contributed by atoms with Gasteiger partial charge < -0.3 is 35.2 Å². The Bertz CT molecular complexity index is 1930. The molecule has 0 spiro atoms. The molecule has 0 atom stereocenters. The molecule has 53 heavy (non-hydrogen) atoms. The van der Waals surface area contributed by atoms with Crippen molar-refractivity contribution in [3.63, 3.8) is 0 Å². The van der Waals surface area contributed by atoms with Gasteiger partial charge in [0.2, 0.25) is 0 Å². The van der Waals surface area contributed by atoms with Crippen molar-refractivity contribution >= 4 is 84.4 Å². The Morgan fingerprint density at radius 3 is 0.962 bits per heavy atom. The van der Waals surface area contributed by atoms with Crippen LogP contribution in [0.2, 0.25) is 0 Å². The molecule has 8 aromatic rings. The molecule has 8 rings (SSSR count). The summed E-state index contributed by atoms with van der Waals surface area (Å²) in [5.41, 5.74) is 3.89. The van der Waals surface area contributed by atoms with Gasteiger partial charge in [0.15, 0.2) is 0 Å². The third-order valence-electron chi connectivity index (χ3n) is 7.92. The number of aromatic nitrogens is 4. The molecule has 0 fully saturated rings. The van der Waals surface area contributed by atoms with Crippen LogP contribution in [-0.2, 0) is 46.3 Å². The van der Waals surface area contributed by atoms with Gasteiger partial charge in [-0.1, -0.05) is 122 Å². The zero-order valence-corrected chi connectivity index (χ0v) is 35.1. The van der Waals surface area contributed by atoms with Crippen molar-refractivity contribution in [2.24, 2.45) is 0 Å².